The number of hydrogen-bond acceptors (Lipinski definition) is 3. The maximum atomic E-state index is 3.59. The van der Waals surface area contributed by atoms with Crippen LogP contribution in [0.2, 0.25) is 0 Å². The average Bonchev–Trinajstić information content (AvgIpc) is 3.01. The van der Waals surface area contributed by atoms with Crippen LogP contribution in [0.15, 0.2) is 18.2 Å². The first-order valence-corrected chi connectivity index (χ1v) is 9.06. The van der Waals surface area contributed by atoms with Crippen LogP contribution in [0, 0.1) is 0 Å². The normalized spacial score (nSPS) is 14.8. The van der Waals surface area contributed by atoms with Gasteiger partial charge in [0.15, 0.2) is 0 Å². The minimum atomic E-state index is 0.275. The highest BCUT2D eigenvalue weighted by atomic mass is 32.1. The van der Waals surface area contributed by atoms with Crippen molar-refractivity contribution >= 4 is 22.7 Å². The van der Waals surface area contributed by atoms with Crippen LogP contribution < -0.4 is 5.32 Å². The van der Waals surface area contributed by atoms with Crippen LogP contribution >= 0.6 is 22.7 Å². The molecule has 3 rings (SSSR count). The predicted octanol–water partition coefficient (Wildman–Crippen LogP) is 4.89. The summed E-state index contributed by atoms with van der Waals surface area (Å²) in [6, 6.07) is 6.96. The van der Waals surface area contributed by atoms with E-state index < -0.39 is 0 Å². The number of hydrogen-bond donors (Lipinski definition) is 1. The van der Waals surface area contributed by atoms with Crippen molar-refractivity contribution in [2.24, 2.45) is 0 Å². The molecule has 1 nitrogen and oxygen atoms in total. The van der Waals surface area contributed by atoms with Crippen LogP contribution in [-0.4, -0.2) is 0 Å². The predicted molar refractivity (Wildman–Crippen MR) is 89.9 cm³/mol. The fraction of sp³-hybridized carbons (Fsp3) is 0.529. The van der Waals surface area contributed by atoms with E-state index in [0.29, 0.717) is 0 Å². The Balaban J connectivity index is 1.53. The van der Waals surface area contributed by atoms with Gasteiger partial charge in [0, 0.05) is 32.6 Å². The van der Waals surface area contributed by atoms with Gasteiger partial charge in [-0.3, -0.25) is 0 Å². The third-order valence-electron chi connectivity index (χ3n) is 3.80. The lowest BCUT2D eigenvalue weighted by molar-refractivity contribution is 0.604. The Morgan fingerprint density at radius 1 is 1.05 bits per heavy atom. The van der Waals surface area contributed by atoms with Gasteiger partial charge < -0.3 is 5.32 Å². The zero-order chi connectivity index (χ0) is 14.2. The van der Waals surface area contributed by atoms with Gasteiger partial charge in [0.2, 0.25) is 0 Å². The van der Waals surface area contributed by atoms with Crippen molar-refractivity contribution in [1.29, 1.82) is 0 Å². The van der Waals surface area contributed by atoms with Crippen LogP contribution in [0.25, 0.3) is 0 Å². The van der Waals surface area contributed by atoms with Gasteiger partial charge in [-0.15, -0.1) is 22.7 Å². The van der Waals surface area contributed by atoms with Gasteiger partial charge in [-0.05, 0) is 48.4 Å². The smallest absolute Gasteiger partial charge is 0.0303 e. The Morgan fingerprint density at radius 3 is 2.55 bits per heavy atom. The van der Waals surface area contributed by atoms with Crippen molar-refractivity contribution in [2.75, 3.05) is 0 Å². The van der Waals surface area contributed by atoms with Crippen molar-refractivity contribution in [1.82, 2.24) is 5.32 Å². The lowest BCUT2D eigenvalue weighted by Crippen LogP contribution is -2.11. The Bertz CT molecular complexity index is 565. The summed E-state index contributed by atoms with van der Waals surface area (Å²) >= 11 is 3.95. The molecule has 0 atom stereocenters. The van der Waals surface area contributed by atoms with E-state index in [1.165, 1.54) is 33.9 Å². The summed E-state index contributed by atoms with van der Waals surface area (Å²) in [4.78, 5) is 6.05. The SMILES string of the molecule is CC(C)(C)c1ccc(CNCc2cc3c(s2)CCC3)s1. The quantitative estimate of drug-likeness (QED) is 0.848. The summed E-state index contributed by atoms with van der Waals surface area (Å²) in [5, 5.41) is 3.59. The zero-order valence-corrected chi connectivity index (χ0v) is 14.2. The lowest BCUT2D eigenvalue weighted by Gasteiger charge is -2.15. The molecular formula is C17H23NS2. The van der Waals surface area contributed by atoms with Crippen molar-refractivity contribution in [3.8, 4) is 0 Å². The van der Waals surface area contributed by atoms with E-state index in [9.17, 15) is 0 Å². The van der Waals surface area contributed by atoms with E-state index in [4.69, 9.17) is 0 Å². The topological polar surface area (TPSA) is 12.0 Å². The molecule has 1 aliphatic rings. The second kappa shape index (κ2) is 5.63. The monoisotopic (exact) mass is 305 g/mol. The largest absolute Gasteiger partial charge is 0.307 e. The number of aryl methyl sites for hydroxylation is 2. The van der Waals surface area contributed by atoms with Crippen LogP contribution in [0.1, 0.15) is 52.3 Å². The maximum Gasteiger partial charge on any atom is 0.0303 e. The zero-order valence-electron chi connectivity index (χ0n) is 12.6. The van der Waals surface area contributed by atoms with Crippen molar-refractivity contribution in [3.63, 3.8) is 0 Å². The molecule has 1 N–H and O–H groups in total. The highest BCUT2D eigenvalue weighted by Gasteiger charge is 2.16. The van der Waals surface area contributed by atoms with Gasteiger partial charge in [0.1, 0.15) is 0 Å². The molecule has 0 saturated heterocycles. The highest BCUT2D eigenvalue weighted by molar-refractivity contribution is 7.12. The molecule has 3 heteroatoms. The van der Waals surface area contributed by atoms with Crippen molar-refractivity contribution < 1.29 is 0 Å². The van der Waals surface area contributed by atoms with E-state index in [1.54, 1.807) is 10.4 Å². The first kappa shape index (κ1) is 14.3. The molecule has 108 valence electrons. The Morgan fingerprint density at radius 2 is 1.85 bits per heavy atom. The van der Waals surface area contributed by atoms with E-state index in [-0.39, 0.29) is 5.41 Å². The molecule has 2 aromatic heterocycles. The second-order valence-corrected chi connectivity index (χ2v) is 9.02. The summed E-state index contributed by atoms with van der Waals surface area (Å²) < 4.78 is 0. The van der Waals surface area contributed by atoms with E-state index in [1.807, 2.05) is 22.7 Å². The number of rotatable bonds is 4. The molecule has 2 heterocycles. The summed E-state index contributed by atoms with van der Waals surface area (Å²) in [6.07, 6.45) is 3.96. The molecule has 0 unspecified atom stereocenters. The number of fused-ring (bicyclic) bond motifs is 1. The Hall–Kier alpha value is -0.640. The van der Waals surface area contributed by atoms with Gasteiger partial charge in [-0.25, -0.2) is 0 Å². The van der Waals surface area contributed by atoms with Crippen LogP contribution in [0.3, 0.4) is 0 Å². The fourth-order valence-corrected chi connectivity index (χ4v) is 4.93. The van der Waals surface area contributed by atoms with Gasteiger partial charge >= 0.3 is 0 Å². The molecule has 0 aliphatic heterocycles. The summed E-state index contributed by atoms with van der Waals surface area (Å²) in [5.41, 5.74) is 1.88. The minimum Gasteiger partial charge on any atom is -0.307 e. The first-order valence-electron chi connectivity index (χ1n) is 7.43. The van der Waals surface area contributed by atoms with Crippen LogP contribution in [-0.2, 0) is 31.3 Å². The second-order valence-electron chi connectivity index (χ2n) is 6.63. The molecule has 20 heavy (non-hydrogen) atoms. The molecule has 0 aromatic carbocycles. The molecule has 2 aromatic rings. The van der Waals surface area contributed by atoms with Gasteiger partial charge in [-0.1, -0.05) is 20.8 Å². The average molecular weight is 306 g/mol. The number of thiophene rings is 2. The Labute approximate surface area is 130 Å². The van der Waals surface area contributed by atoms with Gasteiger partial charge in [-0.2, -0.15) is 0 Å². The minimum absolute atomic E-state index is 0.275. The first-order chi connectivity index (χ1) is 9.52. The molecular weight excluding hydrogens is 282 g/mol. The molecule has 0 fully saturated rings. The van der Waals surface area contributed by atoms with Gasteiger partial charge in [0.05, 0.1) is 0 Å². The number of nitrogens with one attached hydrogen (secondary N) is 1. The summed E-state index contributed by atoms with van der Waals surface area (Å²) in [5.74, 6) is 0. The molecule has 0 saturated carbocycles. The third kappa shape index (κ3) is 3.16. The lowest BCUT2D eigenvalue weighted by atomic mass is 9.95. The molecule has 0 amide bonds. The summed E-state index contributed by atoms with van der Waals surface area (Å²) in [7, 11) is 0. The molecule has 0 spiro atoms. The maximum absolute atomic E-state index is 3.59. The van der Waals surface area contributed by atoms with Gasteiger partial charge in [0.25, 0.3) is 0 Å². The van der Waals surface area contributed by atoms with Crippen molar-refractivity contribution in [3.05, 3.63) is 43.3 Å². The standard InChI is InChI=1S/C17H23NS2/c1-17(2,3)16-8-7-13(20-16)10-18-11-14-9-12-5-4-6-15(12)19-14/h7-9,18H,4-6,10-11H2,1-3H3. The molecule has 1 aliphatic carbocycles. The fourth-order valence-electron chi connectivity index (χ4n) is 2.66. The van der Waals surface area contributed by atoms with Crippen LogP contribution in [0.4, 0.5) is 0 Å². The molecule has 0 radical (unpaired) electrons. The highest BCUT2D eigenvalue weighted by Crippen LogP contribution is 2.31. The van der Waals surface area contributed by atoms with Crippen LogP contribution in [0.5, 0.6) is 0 Å². The van der Waals surface area contributed by atoms with E-state index >= 15 is 0 Å². The Kier molecular flexibility index (Phi) is 4.02. The molecule has 0 bridgehead atoms. The third-order valence-corrected chi connectivity index (χ3v) is 6.55. The summed E-state index contributed by atoms with van der Waals surface area (Å²) in [6.45, 7) is 8.85. The van der Waals surface area contributed by atoms with Crippen molar-refractivity contribution in [2.45, 2.75) is 58.5 Å². The van der Waals surface area contributed by atoms with E-state index in [2.05, 4.69) is 44.3 Å². The van der Waals surface area contributed by atoms with E-state index in [0.717, 1.165) is 13.1 Å².